The molecule has 1 aromatic heterocycles. The van der Waals surface area contributed by atoms with Crippen LogP contribution < -0.4 is 10.9 Å². The number of anilines is 1. The van der Waals surface area contributed by atoms with Gasteiger partial charge < -0.3 is 5.32 Å². The van der Waals surface area contributed by atoms with Gasteiger partial charge in [0.1, 0.15) is 6.54 Å². The number of nitrogens with one attached hydrogen (secondary N) is 1. The predicted molar refractivity (Wildman–Crippen MR) is 76.0 cm³/mol. The van der Waals surface area contributed by atoms with Crippen LogP contribution in [0.4, 0.5) is 5.69 Å². The van der Waals surface area contributed by atoms with Gasteiger partial charge >= 0.3 is 0 Å². The largest absolute Gasteiger partial charge is 0.324 e. The Morgan fingerprint density at radius 3 is 2.89 bits per heavy atom. The molecule has 0 bridgehead atoms. The molecule has 19 heavy (non-hydrogen) atoms. The monoisotopic (exact) mass is 321 g/mol. The Morgan fingerprint density at radius 1 is 1.42 bits per heavy atom. The molecule has 98 valence electrons. The molecule has 0 fully saturated rings. The summed E-state index contributed by atoms with van der Waals surface area (Å²) in [6.45, 7) is 1.67. The number of aryl methyl sites for hydroxylation is 1. The van der Waals surface area contributed by atoms with Crippen LogP contribution in [0.15, 0.2) is 45.9 Å². The van der Waals surface area contributed by atoms with Gasteiger partial charge in [-0.05, 0) is 25.1 Å². The highest BCUT2D eigenvalue weighted by Crippen LogP contribution is 2.15. The number of amides is 1. The second-order valence-electron chi connectivity index (χ2n) is 4.05. The van der Waals surface area contributed by atoms with Gasteiger partial charge in [0.25, 0.3) is 5.56 Å². The van der Waals surface area contributed by atoms with Crippen molar-refractivity contribution in [3.8, 4) is 0 Å². The lowest BCUT2D eigenvalue weighted by Gasteiger charge is -2.07. The molecule has 1 amide bonds. The van der Waals surface area contributed by atoms with Gasteiger partial charge in [0.05, 0.1) is 6.33 Å². The highest BCUT2D eigenvalue weighted by molar-refractivity contribution is 9.10. The van der Waals surface area contributed by atoms with Crippen LogP contribution in [0.5, 0.6) is 0 Å². The normalized spacial score (nSPS) is 10.2. The van der Waals surface area contributed by atoms with Crippen molar-refractivity contribution in [1.29, 1.82) is 0 Å². The zero-order valence-corrected chi connectivity index (χ0v) is 11.8. The summed E-state index contributed by atoms with van der Waals surface area (Å²) in [5.74, 6) is -0.272. The number of halogens is 1. The van der Waals surface area contributed by atoms with Crippen LogP contribution in [-0.2, 0) is 11.3 Å². The van der Waals surface area contributed by atoms with E-state index in [9.17, 15) is 9.59 Å². The molecule has 0 unspecified atom stereocenters. The minimum atomic E-state index is -0.272. The van der Waals surface area contributed by atoms with E-state index in [2.05, 4.69) is 26.2 Å². The standard InChI is InChI=1S/C13H12BrN3O2/c1-9-5-13(19)17(8-15-9)7-12(18)16-11-4-2-3-10(14)6-11/h2-6,8H,7H2,1H3,(H,16,18). The molecule has 2 rings (SSSR count). The zero-order valence-electron chi connectivity index (χ0n) is 10.3. The number of hydrogen-bond donors (Lipinski definition) is 1. The SMILES string of the molecule is Cc1cc(=O)n(CC(=O)Nc2cccc(Br)c2)cn1. The van der Waals surface area contributed by atoms with Crippen LogP contribution in [0.1, 0.15) is 5.69 Å². The summed E-state index contributed by atoms with van der Waals surface area (Å²) < 4.78 is 2.14. The van der Waals surface area contributed by atoms with Gasteiger partial charge in [0.15, 0.2) is 0 Å². The van der Waals surface area contributed by atoms with E-state index in [4.69, 9.17) is 0 Å². The van der Waals surface area contributed by atoms with Crippen molar-refractivity contribution < 1.29 is 4.79 Å². The van der Waals surface area contributed by atoms with Crippen molar-refractivity contribution in [3.63, 3.8) is 0 Å². The Bertz CT molecular complexity index is 667. The maximum absolute atomic E-state index is 11.8. The summed E-state index contributed by atoms with van der Waals surface area (Å²) in [5.41, 5.74) is 1.07. The van der Waals surface area contributed by atoms with Crippen molar-refractivity contribution in [2.45, 2.75) is 13.5 Å². The molecule has 0 radical (unpaired) electrons. The maximum atomic E-state index is 11.8. The second-order valence-corrected chi connectivity index (χ2v) is 4.97. The maximum Gasteiger partial charge on any atom is 0.253 e. The lowest BCUT2D eigenvalue weighted by atomic mass is 10.3. The molecule has 0 aliphatic rings. The zero-order chi connectivity index (χ0) is 13.8. The first-order valence-corrected chi connectivity index (χ1v) is 6.42. The molecule has 2 aromatic rings. The molecule has 0 saturated carbocycles. The van der Waals surface area contributed by atoms with E-state index in [1.165, 1.54) is 17.0 Å². The third-order valence-electron chi connectivity index (χ3n) is 2.44. The van der Waals surface area contributed by atoms with Crippen LogP contribution in [-0.4, -0.2) is 15.5 Å². The summed E-state index contributed by atoms with van der Waals surface area (Å²) in [7, 11) is 0. The fraction of sp³-hybridized carbons (Fsp3) is 0.154. The van der Waals surface area contributed by atoms with Crippen molar-refractivity contribution in [1.82, 2.24) is 9.55 Å². The highest BCUT2D eigenvalue weighted by atomic mass is 79.9. The molecular formula is C13H12BrN3O2. The first kappa shape index (κ1) is 13.5. The fourth-order valence-electron chi connectivity index (χ4n) is 1.56. The molecule has 0 atom stereocenters. The molecule has 1 N–H and O–H groups in total. The molecule has 1 heterocycles. The summed E-state index contributed by atoms with van der Waals surface area (Å²) >= 11 is 3.32. The van der Waals surface area contributed by atoms with Crippen LogP contribution in [0, 0.1) is 6.92 Å². The number of hydrogen-bond acceptors (Lipinski definition) is 3. The summed E-state index contributed by atoms with van der Waals surface area (Å²) in [5, 5.41) is 2.72. The number of nitrogens with zero attached hydrogens (tertiary/aromatic N) is 2. The van der Waals surface area contributed by atoms with Crippen molar-refractivity contribution in [2.24, 2.45) is 0 Å². The topological polar surface area (TPSA) is 64.0 Å². The van der Waals surface area contributed by atoms with Gasteiger partial charge in [0.2, 0.25) is 5.91 Å². The molecule has 0 saturated heterocycles. The van der Waals surface area contributed by atoms with E-state index < -0.39 is 0 Å². The lowest BCUT2D eigenvalue weighted by Crippen LogP contribution is -2.27. The Labute approximate surface area is 118 Å². The molecule has 0 aliphatic heterocycles. The summed E-state index contributed by atoms with van der Waals surface area (Å²) in [4.78, 5) is 27.4. The first-order valence-electron chi connectivity index (χ1n) is 5.63. The van der Waals surface area contributed by atoms with Crippen molar-refractivity contribution in [3.05, 3.63) is 57.2 Å². The van der Waals surface area contributed by atoms with Crippen molar-refractivity contribution in [2.75, 3.05) is 5.32 Å². The van der Waals surface area contributed by atoms with E-state index in [1.807, 2.05) is 12.1 Å². The number of aromatic nitrogens is 2. The van der Waals surface area contributed by atoms with Gasteiger partial charge in [-0.3, -0.25) is 14.2 Å². The van der Waals surface area contributed by atoms with E-state index >= 15 is 0 Å². The Hall–Kier alpha value is -1.95. The van der Waals surface area contributed by atoms with E-state index in [-0.39, 0.29) is 18.0 Å². The molecule has 5 nitrogen and oxygen atoms in total. The molecule has 1 aromatic carbocycles. The molecular weight excluding hydrogens is 310 g/mol. The highest BCUT2D eigenvalue weighted by Gasteiger charge is 2.05. The Kier molecular flexibility index (Phi) is 4.11. The third-order valence-corrected chi connectivity index (χ3v) is 2.93. The molecule has 6 heteroatoms. The number of carbonyl (C=O) groups excluding carboxylic acids is 1. The summed E-state index contributed by atoms with van der Waals surface area (Å²) in [6, 6.07) is 8.64. The van der Waals surface area contributed by atoms with E-state index in [1.54, 1.807) is 19.1 Å². The summed E-state index contributed by atoms with van der Waals surface area (Å²) in [6.07, 6.45) is 1.37. The number of carbonyl (C=O) groups is 1. The van der Waals surface area contributed by atoms with Gasteiger partial charge in [-0.2, -0.15) is 0 Å². The van der Waals surface area contributed by atoms with Crippen LogP contribution in [0.2, 0.25) is 0 Å². The Morgan fingerprint density at radius 2 is 2.21 bits per heavy atom. The average Bonchev–Trinajstić information content (AvgIpc) is 2.33. The number of benzene rings is 1. The van der Waals surface area contributed by atoms with E-state index in [0.29, 0.717) is 11.4 Å². The minimum Gasteiger partial charge on any atom is -0.324 e. The Balaban J connectivity index is 2.07. The van der Waals surface area contributed by atoms with Crippen molar-refractivity contribution >= 4 is 27.5 Å². The fourth-order valence-corrected chi connectivity index (χ4v) is 1.96. The second kappa shape index (κ2) is 5.79. The average molecular weight is 322 g/mol. The minimum absolute atomic E-state index is 0.0569. The van der Waals surface area contributed by atoms with Crippen LogP contribution >= 0.6 is 15.9 Å². The molecule has 0 spiro atoms. The van der Waals surface area contributed by atoms with Gasteiger partial charge in [-0.15, -0.1) is 0 Å². The first-order chi connectivity index (χ1) is 9.04. The third kappa shape index (κ3) is 3.75. The predicted octanol–water partition coefficient (Wildman–Crippen LogP) is 1.95. The van der Waals surface area contributed by atoms with E-state index in [0.717, 1.165) is 4.47 Å². The molecule has 0 aliphatic carbocycles. The van der Waals surface area contributed by atoms with Crippen LogP contribution in [0.3, 0.4) is 0 Å². The smallest absolute Gasteiger partial charge is 0.253 e. The van der Waals surface area contributed by atoms with Crippen LogP contribution in [0.25, 0.3) is 0 Å². The van der Waals surface area contributed by atoms with Gasteiger partial charge in [0, 0.05) is 21.9 Å². The number of rotatable bonds is 3. The van der Waals surface area contributed by atoms with Gasteiger partial charge in [-0.25, -0.2) is 4.98 Å². The quantitative estimate of drug-likeness (QED) is 0.939. The van der Waals surface area contributed by atoms with Gasteiger partial charge in [-0.1, -0.05) is 22.0 Å². The lowest BCUT2D eigenvalue weighted by molar-refractivity contribution is -0.116.